The molecule has 7 heteroatoms. The fraction of sp³-hybridized carbons (Fsp3) is 0.115. The molecule has 1 amide bonds. The molecule has 0 bridgehead atoms. The van der Waals surface area contributed by atoms with Crippen molar-refractivity contribution >= 4 is 45.0 Å². The Labute approximate surface area is 195 Å². The van der Waals surface area contributed by atoms with Gasteiger partial charge in [-0.05, 0) is 66.8 Å². The van der Waals surface area contributed by atoms with Crippen LogP contribution in [-0.2, 0) is 4.79 Å². The van der Waals surface area contributed by atoms with Gasteiger partial charge in [0.15, 0.2) is 6.61 Å². The van der Waals surface area contributed by atoms with E-state index >= 15 is 0 Å². The van der Waals surface area contributed by atoms with Crippen LogP contribution < -0.4 is 10.1 Å². The first-order valence-electron chi connectivity index (χ1n) is 10.5. The van der Waals surface area contributed by atoms with Crippen LogP contribution in [0.25, 0.3) is 27.5 Å². The van der Waals surface area contributed by atoms with Gasteiger partial charge in [0.2, 0.25) is 0 Å². The molecule has 5 aromatic rings. The monoisotopic (exact) mass is 456 g/mol. The van der Waals surface area contributed by atoms with Crippen molar-refractivity contribution in [2.75, 3.05) is 11.9 Å². The average Bonchev–Trinajstić information content (AvgIpc) is 3.22. The molecule has 0 radical (unpaired) electrons. The predicted molar refractivity (Wildman–Crippen MR) is 131 cm³/mol. The topological polar surface area (TPSA) is 69.0 Å². The predicted octanol–water partition coefficient (Wildman–Crippen LogP) is 5.86. The Balaban J connectivity index is 1.37. The number of aryl methyl sites for hydroxylation is 2. The molecule has 4 aromatic carbocycles. The second kappa shape index (κ2) is 8.56. The highest BCUT2D eigenvalue weighted by Gasteiger charge is 2.12. The number of nitrogens with zero attached hydrogens (tertiary/aromatic N) is 3. The van der Waals surface area contributed by atoms with E-state index in [4.69, 9.17) is 16.3 Å². The van der Waals surface area contributed by atoms with Gasteiger partial charge >= 0.3 is 0 Å². The van der Waals surface area contributed by atoms with E-state index in [9.17, 15) is 4.79 Å². The summed E-state index contributed by atoms with van der Waals surface area (Å²) in [5, 5.41) is 15.1. The number of carbonyl (C=O) groups is 1. The molecule has 0 fully saturated rings. The third-order valence-electron chi connectivity index (χ3n) is 5.48. The number of hydrogen-bond acceptors (Lipinski definition) is 4. The van der Waals surface area contributed by atoms with Crippen LogP contribution in [0.2, 0.25) is 5.02 Å². The quantitative estimate of drug-likeness (QED) is 0.359. The molecule has 0 saturated heterocycles. The molecule has 5 rings (SSSR count). The molecule has 1 heterocycles. The van der Waals surface area contributed by atoms with Crippen LogP contribution in [0.3, 0.4) is 0 Å². The van der Waals surface area contributed by atoms with Crippen molar-refractivity contribution < 1.29 is 9.53 Å². The summed E-state index contributed by atoms with van der Waals surface area (Å²) in [4.78, 5) is 14.1. The fourth-order valence-electron chi connectivity index (χ4n) is 3.74. The SMILES string of the molecule is Cc1cc(OCC(=O)Nc2cc3nn(-c4cccc5ccccc45)nc3cc2C)ccc1Cl. The summed E-state index contributed by atoms with van der Waals surface area (Å²) in [5.41, 5.74) is 4.81. The highest BCUT2D eigenvalue weighted by atomic mass is 35.5. The summed E-state index contributed by atoms with van der Waals surface area (Å²) in [6.45, 7) is 3.70. The zero-order valence-electron chi connectivity index (χ0n) is 18.2. The smallest absolute Gasteiger partial charge is 0.262 e. The minimum Gasteiger partial charge on any atom is -0.484 e. The first kappa shape index (κ1) is 21.0. The lowest BCUT2D eigenvalue weighted by Crippen LogP contribution is -2.20. The van der Waals surface area contributed by atoms with E-state index < -0.39 is 0 Å². The number of carbonyl (C=O) groups excluding carboxylic acids is 1. The molecular weight excluding hydrogens is 436 g/mol. The van der Waals surface area contributed by atoms with Gasteiger partial charge in [0.05, 0.1) is 5.69 Å². The maximum absolute atomic E-state index is 12.5. The molecular formula is C26H21ClN4O2. The summed E-state index contributed by atoms with van der Waals surface area (Å²) in [6.07, 6.45) is 0. The standard InChI is InChI=1S/C26H21ClN4O2/c1-16-12-19(10-11-21(16)27)33-15-26(32)28-22-14-24-23(13-17(22)2)29-31(30-24)25-9-5-7-18-6-3-4-8-20(18)25/h3-14H,15H2,1-2H3,(H,28,32). The molecule has 33 heavy (non-hydrogen) atoms. The molecule has 0 aliphatic rings. The van der Waals surface area contributed by atoms with Crippen molar-refractivity contribution in [1.82, 2.24) is 15.0 Å². The van der Waals surface area contributed by atoms with E-state index in [1.54, 1.807) is 23.0 Å². The number of ether oxygens (including phenoxy) is 1. The Kier molecular flexibility index (Phi) is 5.44. The number of nitrogens with one attached hydrogen (secondary N) is 1. The Morgan fingerprint density at radius 1 is 0.939 bits per heavy atom. The average molecular weight is 457 g/mol. The van der Waals surface area contributed by atoms with E-state index in [0.29, 0.717) is 22.0 Å². The first-order valence-corrected chi connectivity index (χ1v) is 10.9. The number of aromatic nitrogens is 3. The second-order valence-electron chi connectivity index (χ2n) is 7.89. The van der Waals surface area contributed by atoms with Gasteiger partial charge in [-0.3, -0.25) is 4.79 Å². The summed E-state index contributed by atoms with van der Waals surface area (Å²) >= 11 is 6.04. The molecule has 164 valence electrons. The second-order valence-corrected chi connectivity index (χ2v) is 8.30. The van der Waals surface area contributed by atoms with Crippen molar-refractivity contribution in [3.05, 3.63) is 88.9 Å². The van der Waals surface area contributed by atoms with Crippen LogP contribution in [0.1, 0.15) is 11.1 Å². The zero-order valence-corrected chi connectivity index (χ0v) is 18.9. The van der Waals surface area contributed by atoms with Gasteiger partial charge in [0.1, 0.15) is 16.8 Å². The van der Waals surface area contributed by atoms with E-state index in [0.717, 1.165) is 33.1 Å². The van der Waals surface area contributed by atoms with Crippen molar-refractivity contribution in [2.45, 2.75) is 13.8 Å². The minimum atomic E-state index is -0.258. The third-order valence-corrected chi connectivity index (χ3v) is 5.91. The van der Waals surface area contributed by atoms with Gasteiger partial charge in [0.25, 0.3) is 5.91 Å². The lowest BCUT2D eigenvalue weighted by molar-refractivity contribution is -0.118. The van der Waals surface area contributed by atoms with Crippen LogP contribution in [0.4, 0.5) is 5.69 Å². The normalized spacial score (nSPS) is 11.1. The molecule has 0 atom stereocenters. The Bertz CT molecular complexity index is 1500. The summed E-state index contributed by atoms with van der Waals surface area (Å²) < 4.78 is 5.60. The maximum Gasteiger partial charge on any atom is 0.262 e. The van der Waals surface area contributed by atoms with Crippen molar-refractivity contribution in [3.8, 4) is 11.4 Å². The Hall–Kier alpha value is -3.90. The first-order chi connectivity index (χ1) is 16.0. The largest absolute Gasteiger partial charge is 0.484 e. The van der Waals surface area contributed by atoms with Gasteiger partial charge in [-0.25, -0.2) is 0 Å². The van der Waals surface area contributed by atoms with Crippen molar-refractivity contribution in [1.29, 1.82) is 0 Å². The fourth-order valence-corrected chi connectivity index (χ4v) is 3.85. The van der Waals surface area contributed by atoms with Crippen LogP contribution in [-0.4, -0.2) is 27.5 Å². The number of rotatable bonds is 5. The van der Waals surface area contributed by atoms with Gasteiger partial charge in [-0.15, -0.1) is 15.0 Å². The molecule has 1 N–H and O–H groups in total. The zero-order chi connectivity index (χ0) is 22.9. The lowest BCUT2D eigenvalue weighted by atomic mass is 10.1. The van der Waals surface area contributed by atoms with E-state index in [-0.39, 0.29) is 12.5 Å². The molecule has 0 aliphatic carbocycles. The van der Waals surface area contributed by atoms with Gasteiger partial charge < -0.3 is 10.1 Å². The van der Waals surface area contributed by atoms with Crippen LogP contribution in [0, 0.1) is 13.8 Å². The number of anilines is 1. The number of amides is 1. The summed E-state index contributed by atoms with van der Waals surface area (Å²) in [6, 6.07) is 23.2. The van der Waals surface area contributed by atoms with Crippen LogP contribution in [0.15, 0.2) is 72.8 Å². The molecule has 0 saturated carbocycles. The van der Waals surface area contributed by atoms with Gasteiger partial charge in [-0.2, -0.15) is 0 Å². The molecule has 0 aliphatic heterocycles. The Morgan fingerprint density at radius 3 is 2.52 bits per heavy atom. The molecule has 0 unspecified atom stereocenters. The van der Waals surface area contributed by atoms with Crippen LogP contribution >= 0.6 is 11.6 Å². The Morgan fingerprint density at radius 2 is 1.70 bits per heavy atom. The van der Waals surface area contributed by atoms with E-state index in [1.807, 2.05) is 50.2 Å². The summed E-state index contributed by atoms with van der Waals surface area (Å²) in [7, 11) is 0. The highest BCUT2D eigenvalue weighted by molar-refractivity contribution is 6.31. The van der Waals surface area contributed by atoms with Gasteiger partial charge in [0, 0.05) is 16.1 Å². The highest BCUT2D eigenvalue weighted by Crippen LogP contribution is 2.25. The molecule has 0 spiro atoms. The van der Waals surface area contributed by atoms with Gasteiger partial charge in [-0.1, -0.05) is 48.0 Å². The van der Waals surface area contributed by atoms with E-state index in [1.165, 1.54) is 0 Å². The lowest BCUT2D eigenvalue weighted by Gasteiger charge is -2.10. The summed E-state index contributed by atoms with van der Waals surface area (Å²) in [5.74, 6) is 0.337. The maximum atomic E-state index is 12.5. The van der Waals surface area contributed by atoms with Crippen molar-refractivity contribution in [2.24, 2.45) is 0 Å². The van der Waals surface area contributed by atoms with Crippen LogP contribution in [0.5, 0.6) is 5.75 Å². The van der Waals surface area contributed by atoms with Crippen molar-refractivity contribution in [3.63, 3.8) is 0 Å². The number of benzene rings is 4. The number of fused-ring (bicyclic) bond motifs is 2. The molecule has 6 nitrogen and oxygen atoms in total. The number of halogens is 1. The third kappa shape index (κ3) is 4.25. The molecule has 1 aromatic heterocycles. The van der Waals surface area contributed by atoms with E-state index in [2.05, 4.69) is 33.7 Å². The number of hydrogen-bond donors (Lipinski definition) is 1. The minimum absolute atomic E-state index is 0.110.